The van der Waals surface area contributed by atoms with E-state index in [4.69, 9.17) is 0 Å². The smallest absolute Gasteiger partial charge is 0.205 e. The highest BCUT2D eigenvalue weighted by molar-refractivity contribution is 7.76. The number of halogens is 1. The Morgan fingerprint density at radius 2 is 1.38 bits per heavy atom. The summed E-state index contributed by atoms with van der Waals surface area (Å²) in [7, 11) is -3.03. The first-order chi connectivity index (χ1) is 11.6. The molecule has 2 nitrogen and oxygen atoms in total. The van der Waals surface area contributed by atoms with E-state index in [9.17, 15) is 8.96 Å². The molecule has 24 heavy (non-hydrogen) atoms. The van der Waals surface area contributed by atoms with Crippen LogP contribution in [0.15, 0.2) is 84.9 Å². The normalized spacial score (nSPS) is 12.8. The van der Waals surface area contributed by atoms with Gasteiger partial charge in [-0.1, -0.05) is 48.5 Å². The van der Waals surface area contributed by atoms with Crippen molar-refractivity contribution in [2.75, 3.05) is 0 Å². The zero-order chi connectivity index (χ0) is 17.0. The summed E-state index contributed by atoms with van der Waals surface area (Å²) in [4.78, 5) is 0. The molecule has 0 radical (unpaired) electrons. The molecule has 0 fully saturated rings. The summed E-state index contributed by atoms with van der Waals surface area (Å²) < 4.78 is 27.4. The summed E-state index contributed by atoms with van der Waals surface area (Å²) in [6, 6.07) is 24.9. The fourth-order valence-corrected chi connectivity index (χ4v) is 5.17. The summed E-state index contributed by atoms with van der Waals surface area (Å²) >= 11 is 0. The molecule has 1 atom stereocenters. The van der Waals surface area contributed by atoms with E-state index >= 15 is 0 Å². The topological polar surface area (TPSA) is 29.1 Å². The van der Waals surface area contributed by atoms with Crippen LogP contribution in [0.1, 0.15) is 18.5 Å². The minimum absolute atomic E-state index is 0.257. The largest absolute Gasteiger partial charge is 0.297 e. The van der Waals surface area contributed by atoms with Crippen molar-refractivity contribution in [1.29, 1.82) is 0 Å². The minimum atomic E-state index is -3.03. The van der Waals surface area contributed by atoms with Gasteiger partial charge >= 0.3 is 0 Å². The predicted molar refractivity (Wildman–Crippen MR) is 97.7 cm³/mol. The van der Waals surface area contributed by atoms with Gasteiger partial charge in [-0.25, -0.2) is 4.39 Å². The molecule has 122 valence electrons. The zero-order valence-corrected chi connectivity index (χ0v) is 14.3. The highest BCUT2D eigenvalue weighted by Crippen LogP contribution is 2.41. The highest BCUT2D eigenvalue weighted by atomic mass is 31.2. The van der Waals surface area contributed by atoms with Crippen LogP contribution in [0.2, 0.25) is 0 Å². The first-order valence-corrected chi connectivity index (χ1v) is 9.55. The molecule has 0 aromatic heterocycles. The first-order valence-electron chi connectivity index (χ1n) is 7.84. The molecule has 3 rings (SSSR count). The van der Waals surface area contributed by atoms with Crippen molar-refractivity contribution in [2.45, 2.75) is 13.0 Å². The molecule has 0 aliphatic rings. The Kier molecular flexibility index (Phi) is 4.94. The van der Waals surface area contributed by atoms with Crippen LogP contribution in [0, 0.1) is 5.82 Å². The summed E-state index contributed by atoms with van der Waals surface area (Å²) in [6.45, 7) is 1.90. The third kappa shape index (κ3) is 3.48. The Balaban J connectivity index is 2.02. The summed E-state index contributed by atoms with van der Waals surface area (Å²) in [5.74, 6) is -0.296. The van der Waals surface area contributed by atoms with E-state index in [2.05, 4.69) is 5.09 Å². The summed E-state index contributed by atoms with van der Waals surface area (Å²) in [5, 5.41) is 4.73. The lowest BCUT2D eigenvalue weighted by atomic mass is 10.1. The summed E-state index contributed by atoms with van der Waals surface area (Å²) in [6.07, 6.45) is 0. The van der Waals surface area contributed by atoms with Gasteiger partial charge in [-0.2, -0.15) is 0 Å². The molecular formula is C20H19FNOP. The van der Waals surface area contributed by atoms with E-state index in [1.54, 1.807) is 6.07 Å². The molecule has 0 bridgehead atoms. The molecule has 0 saturated heterocycles. The highest BCUT2D eigenvalue weighted by Gasteiger charge is 2.29. The Morgan fingerprint density at radius 1 is 0.833 bits per heavy atom. The third-order valence-corrected chi connectivity index (χ3v) is 6.77. The molecule has 1 N–H and O–H groups in total. The minimum Gasteiger partial charge on any atom is -0.297 e. The van der Waals surface area contributed by atoms with E-state index in [1.165, 1.54) is 12.1 Å². The quantitative estimate of drug-likeness (QED) is 0.698. The van der Waals surface area contributed by atoms with Crippen molar-refractivity contribution >= 4 is 17.9 Å². The molecule has 0 unspecified atom stereocenters. The molecular weight excluding hydrogens is 320 g/mol. The Labute approximate surface area is 141 Å². The van der Waals surface area contributed by atoms with Gasteiger partial charge in [-0.15, -0.1) is 0 Å². The van der Waals surface area contributed by atoms with E-state index < -0.39 is 7.29 Å². The number of benzene rings is 3. The molecule has 3 aromatic carbocycles. The van der Waals surface area contributed by atoms with E-state index in [0.717, 1.165) is 16.2 Å². The molecule has 0 spiro atoms. The van der Waals surface area contributed by atoms with Gasteiger partial charge in [0.1, 0.15) is 5.82 Å². The van der Waals surface area contributed by atoms with Crippen LogP contribution in [-0.2, 0) is 4.57 Å². The molecule has 3 aromatic rings. The Hall–Kier alpha value is -2.22. The number of hydrogen-bond acceptors (Lipinski definition) is 1. The average Bonchev–Trinajstić information content (AvgIpc) is 2.63. The Bertz CT molecular complexity index is 808. The second-order valence-corrected chi connectivity index (χ2v) is 8.20. The van der Waals surface area contributed by atoms with Gasteiger partial charge in [0.15, 0.2) is 0 Å². The van der Waals surface area contributed by atoms with Crippen molar-refractivity contribution in [2.24, 2.45) is 0 Å². The van der Waals surface area contributed by atoms with Crippen LogP contribution in [-0.4, -0.2) is 0 Å². The van der Waals surface area contributed by atoms with Crippen LogP contribution in [0.3, 0.4) is 0 Å². The standard InChI is InChI=1S/C20H19FNOP/c1-16(17-9-8-10-18(21)15-17)22-24(23,19-11-4-2-5-12-19)20-13-6-3-7-14-20/h2-16H,1H3,(H,22,23)/t16-/m0/s1. The molecule has 0 aliphatic carbocycles. The van der Waals surface area contributed by atoms with Gasteiger partial charge in [0.25, 0.3) is 0 Å². The number of nitrogens with one attached hydrogen (secondary N) is 1. The van der Waals surface area contributed by atoms with Crippen LogP contribution >= 0.6 is 7.29 Å². The lowest BCUT2D eigenvalue weighted by molar-refractivity contribution is 0.566. The first kappa shape index (κ1) is 16.6. The van der Waals surface area contributed by atoms with Gasteiger partial charge < -0.3 is 0 Å². The van der Waals surface area contributed by atoms with Crippen molar-refractivity contribution in [3.63, 3.8) is 0 Å². The lowest BCUT2D eigenvalue weighted by Crippen LogP contribution is -2.29. The SMILES string of the molecule is C[C@H](NP(=O)(c1ccccc1)c1ccccc1)c1cccc(F)c1. The molecule has 0 aliphatic heterocycles. The van der Waals surface area contributed by atoms with Crippen LogP contribution in [0.4, 0.5) is 4.39 Å². The zero-order valence-electron chi connectivity index (χ0n) is 13.4. The van der Waals surface area contributed by atoms with Gasteiger partial charge in [0, 0.05) is 16.7 Å². The van der Waals surface area contributed by atoms with Crippen molar-refractivity contribution in [3.8, 4) is 0 Å². The fourth-order valence-electron chi connectivity index (χ4n) is 2.70. The Morgan fingerprint density at radius 3 is 1.88 bits per heavy atom. The van der Waals surface area contributed by atoms with Gasteiger partial charge in [-0.05, 0) is 48.9 Å². The maximum Gasteiger partial charge on any atom is 0.205 e. The van der Waals surface area contributed by atoms with Gasteiger partial charge in [0.05, 0.1) is 0 Å². The van der Waals surface area contributed by atoms with Gasteiger partial charge in [-0.3, -0.25) is 9.65 Å². The van der Waals surface area contributed by atoms with Crippen molar-refractivity contribution < 1.29 is 8.96 Å². The second-order valence-electron chi connectivity index (χ2n) is 5.69. The maximum absolute atomic E-state index is 13.9. The van der Waals surface area contributed by atoms with E-state index in [-0.39, 0.29) is 11.9 Å². The van der Waals surface area contributed by atoms with Gasteiger partial charge in [0.2, 0.25) is 7.29 Å². The van der Waals surface area contributed by atoms with Crippen LogP contribution < -0.4 is 15.7 Å². The molecule has 0 heterocycles. The van der Waals surface area contributed by atoms with E-state index in [1.807, 2.05) is 73.7 Å². The molecule has 0 amide bonds. The maximum atomic E-state index is 13.9. The van der Waals surface area contributed by atoms with E-state index in [0.29, 0.717) is 0 Å². The second kappa shape index (κ2) is 7.12. The van der Waals surface area contributed by atoms with Crippen molar-refractivity contribution in [3.05, 3.63) is 96.3 Å². The monoisotopic (exact) mass is 339 g/mol. The fraction of sp³-hybridized carbons (Fsp3) is 0.100. The number of hydrogen-bond donors (Lipinski definition) is 1. The van der Waals surface area contributed by atoms with Crippen LogP contribution in [0.5, 0.6) is 0 Å². The average molecular weight is 339 g/mol. The lowest BCUT2D eigenvalue weighted by Gasteiger charge is -2.25. The molecule has 0 saturated carbocycles. The van der Waals surface area contributed by atoms with Crippen molar-refractivity contribution in [1.82, 2.24) is 5.09 Å². The molecule has 4 heteroatoms. The third-order valence-electron chi connectivity index (χ3n) is 3.96. The van der Waals surface area contributed by atoms with Crippen LogP contribution in [0.25, 0.3) is 0 Å². The number of rotatable bonds is 5. The predicted octanol–water partition coefficient (Wildman–Crippen LogP) is 4.41. The summed E-state index contributed by atoms with van der Waals surface area (Å²) in [5.41, 5.74) is 0.766.